The SMILES string of the molecule is O=C(CN1CCOCC1)C[SH]1C=CC=C1. The van der Waals surface area contributed by atoms with Crippen LogP contribution in [-0.4, -0.2) is 49.3 Å². The minimum absolute atomic E-state index is 0.280. The maximum atomic E-state index is 11.7. The second kappa shape index (κ2) is 5.49. The molecule has 2 aliphatic heterocycles. The Morgan fingerprint density at radius 3 is 2.60 bits per heavy atom. The Hall–Kier alpha value is -0.580. The summed E-state index contributed by atoms with van der Waals surface area (Å²) < 4.78 is 5.24. The quantitative estimate of drug-likeness (QED) is 0.725. The number of nitrogens with zero attached hydrogens (tertiary/aromatic N) is 1. The lowest BCUT2D eigenvalue weighted by atomic mass is 10.3. The number of hydrogen-bond acceptors (Lipinski definition) is 3. The van der Waals surface area contributed by atoms with E-state index in [9.17, 15) is 4.79 Å². The van der Waals surface area contributed by atoms with Crippen molar-refractivity contribution in [2.45, 2.75) is 0 Å². The maximum Gasteiger partial charge on any atom is 0.155 e. The zero-order valence-corrected chi connectivity index (χ0v) is 9.66. The Balaban J connectivity index is 1.71. The summed E-state index contributed by atoms with van der Waals surface area (Å²) in [5.74, 6) is 1.07. The molecule has 0 aromatic rings. The lowest BCUT2D eigenvalue weighted by Crippen LogP contribution is -2.40. The lowest BCUT2D eigenvalue weighted by Gasteiger charge is -2.26. The van der Waals surface area contributed by atoms with E-state index in [0.29, 0.717) is 18.1 Å². The van der Waals surface area contributed by atoms with Crippen molar-refractivity contribution in [3.05, 3.63) is 23.0 Å². The van der Waals surface area contributed by atoms with Crippen molar-refractivity contribution in [1.29, 1.82) is 0 Å². The molecule has 0 radical (unpaired) electrons. The Morgan fingerprint density at radius 2 is 1.93 bits per heavy atom. The van der Waals surface area contributed by atoms with Crippen LogP contribution in [0.3, 0.4) is 0 Å². The third kappa shape index (κ3) is 3.48. The van der Waals surface area contributed by atoms with Gasteiger partial charge in [0.25, 0.3) is 0 Å². The first kappa shape index (κ1) is 10.9. The smallest absolute Gasteiger partial charge is 0.155 e. The average Bonchev–Trinajstić information content (AvgIpc) is 2.71. The summed E-state index contributed by atoms with van der Waals surface area (Å²) in [6, 6.07) is 0. The van der Waals surface area contributed by atoms with Crippen LogP contribution < -0.4 is 0 Å². The van der Waals surface area contributed by atoms with Crippen LogP contribution in [0, 0.1) is 0 Å². The number of allylic oxidation sites excluding steroid dienone is 2. The summed E-state index contributed by atoms with van der Waals surface area (Å²) in [5.41, 5.74) is 0. The number of morpholine rings is 1. The van der Waals surface area contributed by atoms with E-state index in [-0.39, 0.29) is 10.9 Å². The van der Waals surface area contributed by atoms with Crippen molar-refractivity contribution < 1.29 is 9.53 Å². The summed E-state index contributed by atoms with van der Waals surface area (Å²) >= 11 is 0. The maximum absolute atomic E-state index is 11.7. The molecule has 15 heavy (non-hydrogen) atoms. The highest BCUT2D eigenvalue weighted by Gasteiger charge is 2.15. The predicted molar refractivity (Wildman–Crippen MR) is 64.4 cm³/mol. The van der Waals surface area contributed by atoms with Crippen LogP contribution in [0.15, 0.2) is 23.0 Å². The first-order valence-corrected chi connectivity index (χ1v) is 6.94. The van der Waals surface area contributed by atoms with Gasteiger partial charge >= 0.3 is 0 Å². The van der Waals surface area contributed by atoms with Gasteiger partial charge in [0.2, 0.25) is 0 Å². The Kier molecular flexibility index (Phi) is 4.00. The van der Waals surface area contributed by atoms with E-state index in [4.69, 9.17) is 4.74 Å². The van der Waals surface area contributed by atoms with Crippen LogP contribution in [0.5, 0.6) is 0 Å². The normalized spacial score (nSPS) is 23.6. The van der Waals surface area contributed by atoms with E-state index in [1.807, 2.05) is 12.2 Å². The number of hydrogen-bond donors (Lipinski definition) is 1. The number of Topliss-reactive ketones (excluding diaryl/α,β-unsaturated/α-hetero) is 1. The molecule has 0 aromatic carbocycles. The zero-order chi connectivity index (χ0) is 10.5. The van der Waals surface area contributed by atoms with Gasteiger partial charge in [-0.05, 0) is 10.8 Å². The molecule has 0 spiro atoms. The van der Waals surface area contributed by atoms with Gasteiger partial charge in [-0.2, -0.15) is 0 Å². The predicted octanol–water partition coefficient (Wildman–Crippen LogP) is 0.930. The fourth-order valence-corrected chi connectivity index (χ4v) is 3.20. The molecule has 3 nitrogen and oxygen atoms in total. The minimum Gasteiger partial charge on any atom is -0.379 e. The van der Waals surface area contributed by atoms with Crippen LogP contribution in [0.25, 0.3) is 0 Å². The fourth-order valence-electron chi connectivity index (χ4n) is 1.74. The Morgan fingerprint density at radius 1 is 1.27 bits per heavy atom. The molecule has 1 saturated heterocycles. The van der Waals surface area contributed by atoms with Crippen LogP contribution in [-0.2, 0) is 9.53 Å². The third-order valence-electron chi connectivity index (χ3n) is 2.53. The van der Waals surface area contributed by atoms with Gasteiger partial charge in [-0.3, -0.25) is 9.69 Å². The van der Waals surface area contributed by atoms with Crippen molar-refractivity contribution in [3.8, 4) is 0 Å². The minimum atomic E-state index is -0.280. The van der Waals surface area contributed by atoms with Crippen LogP contribution in [0.1, 0.15) is 0 Å². The fraction of sp³-hybridized carbons (Fsp3) is 0.545. The van der Waals surface area contributed by atoms with Gasteiger partial charge < -0.3 is 4.74 Å². The summed E-state index contributed by atoms with van der Waals surface area (Å²) in [6.45, 7) is 3.93. The second-order valence-electron chi connectivity index (χ2n) is 3.78. The molecule has 84 valence electrons. The highest BCUT2D eigenvalue weighted by atomic mass is 32.2. The number of thiol groups is 1. The van der Waals surface area contributed by atoms with Crippen molar-refractivity contribution in [3.63, 3.8) is 0 Å². The first-order chi connectivity index (χ1) is 7.34. The Bertz CT molecular complexity index is 270. The zero-order valence-electron chi connectivity index (χ0n) is 8.76. The third-order valence-corrected chi connectivity index (χ3v) is 4.36. The highest BCUT2D eigenvalue weighted by Crippen LogP contribution is 2.32. The molecule has 1 fully saturated rings. The molecule has 0 bridgehead atoms. The van der Waals surface area contributed by atoms with Gasteiger partial charge in [-0.1, -0.05) is 12.2 Å². The van der Waals surface area contributed by atoms with E-state index in [0.717, 1.165) is 26.3 Å². The molecule has 2 rings (SSSR count). The van der Waals surface area contributed by atoms with Gasteiger partial charge in [0.05, 0.1) is 19.8 Å². The molecule has 4 heteroatoms. The average molecular weight is 227 g/mol. The van der Waals surface area contributed by atoms with Crippen molar-refractivity contribution in [2.24, 2.45) is 0 Å². The van der Waals surface area contributed by atoms with Crippen molar-refractivity contribution in [1.82, 2.24) is 4.90 Å². The van der Waals surface area contributed by atoms with Gasteiger partial charge in [0, 0.05) is 18.8 Å². The summed E-state index contributed by atoms with van der Waals surface area (Å²) in [5, 5.41) is 4.29. The van der Waals surface area contributed by atoms with E-state index in [1.165, 1.54) is 0 Å². The molecule has 0 atom stereocenters. The number of ketones is 1. The topological polar surface area (TPSA) is 29.5 Å². The number of rotatable bonds is 4. The summed E-state index contributed by atoms with van der Waals surface area (Å²) in [7, 11) is -0.280. The highest BCUT2D eigenvalue weighted by molar-refractivity contribution is 8.22. The molecule has 0 unspecified atom stereocenters. The standard InChI is InChI=1S/C11H17NO2S/c13-11(10-15-7-1-2-8-15)9-12-3-5-14-6-4-12/h1-2,7-8,15H,3-6,9-10H2. The van der Waals surface area contributed by atoms with E-state index in [1.54, 1.807) is 0 Å². The van der Waals surface area contributed by atoms with Gasteiger partial charge in [0.15, 0.2) is 5.78 Å². The lowest BCUT2D eigenvalue weighted by molar-refractivity contribution is -0.118. The molecule has 2 aliphatic rings. The van der Waals surface area contributed by atoms with Crippen molar-refractivity contribution in [2.75, 3.05) is 38.6 Å². The van der Waals surface area contributed by atoms with Gasteiger partial charge in [-0.25, -0.2) is 10.9 Å². The summed E-state index contributed by atoms with van der Waals surface area (Å²) in [4.78, 5) is 13.9. The van der Waals surface area contributed by atoms with Crippen LogP contribution in [0.4, 0.5) is 0 Å². The second-order valence-corrected chi connectivity index (χ2v) is 5.72. The van der Waals surface area contributed by atoms with E-state index in [2.05, 4.69) is 15.7 Å². The van der Waals surface area contributed by atoms with Crippen molar-refractivity contribution >= 4 is 16.7 Å². The van der Waals surface area contributed by atoms with Crippen LogP contribution >= 0.6 is 10.9 Å². The molecular formula is C11H17NO2S. The monoisotopic (exact) mass is 227 g/mol. The molecule has 0 saturated carbocycles. The Labute approximate surface area is 93.1 Å². The number of ether oxygens (including phenoxy) is 1. The summed E-state index contributed by atoms with van der Waals surface area (Å²) in [6.07, 6.45) is 4.07. The van der Waals surface area contributed by atoms with E-state index >= 15 is 0 Å². The molecular weight excluding hydrogens is 210 g/mol. The number of carbonyl (C=O) groups excluding carboxylic acids is 1. The molecule has 0 N–H and O–H groups in total. The molecule has 0 aliphatic carbocycles. The van der Waals surface area contributed by atoms with Gasteiger partial charge in [0.1, 0.15) is 0 Å². The molecule has 0 aromatic heterocycles. The van der Waals surface area contributed by atoms with E-state index < -0.39 is 0 Å². The first-order valence-electron chi connectivity index (χ1n) is 5.27. The van der Waals surface area contributed by atoms with Crippen LogP contribution in [0.2, 0.25) is 0 Å². The molecule has 2 heterocycles. The number of carbonyl (C=O) groups is 1. The molecule has 0 amide bonds. The largest absolute Gasteiger partial charge is 0.379 e. The van der Waals surface area contributed by atoms with Gasteiger partial charge in [-0.15, -0.1) is 0 Å².